The van der Waals surface area contributed by atoms with Crippen molar-refractivity contribution in [1.29, 1.82) is 0 Å². The minimum atomic E-state index is -0.239. The summed E-state index contributed by atoms with van der Waals surface area (Å²) in [5, 5.41) is 6.53. The van der Waals surface area contributed by atoms with Crippen molar-refractivity contribution in [2.24, 2.45) is 0 Å². The maximum atomic E-state index is 13.2. The number of aryl methyl sites for hydroxylation is 1. The minimum Gasteiger partial charge on any atom is -0.365 e. The van der Waals surface area contributed by atoms with Gasteiger partial charge in [-0.1, -0.05) is 18.7 Å². The summed E-state index contributed by atoms with van der Waals surface area (Å²) >= 11 is 0. The summed E-state index contributed by atoms with van der Waals surface area (Å²) in [4.78, 5) is 35.8. The molecule has 0 unspecified atom stereocenters. The van der Waals surface area contributed by atoms with Crippen molar-refractivity contribution in [2.75, 3.05) is 11.9 Å². The minimum absolute atomic E-state index is 0.239. The number of benzene rings is 1. The van der Waals surface area contributed by atoms with Gasteiger partial charge in [-0.05, 0) is 36.8 Å². The van der Waals surface area contributed by atoms with E-state index in [1.165, 1.54) is 0 Å². The largest absolute Gasteiger partial charge is 0.365 e. The lowest BCUT2D eigenvalue weighted by Gasteiger charge is -2.12. The monoisotopic (exact) mass is 414 g/mol. The van der Waals surface area contributed by atoms with Gasteiger partial charge in [0.05, 0.1) is 5.69 Å². The van der Waals surface area contributed by atoms with Crippen molar-refractivity contribution in [1.82, 2.24) is 24.8 Å². The number of anilines is 1. The SMILES string of the molecule is C=C(NC=O)c1ccc2[nH]cc(-n3c(C)cnc(NCCc4ccccn4)c3=O)c2c1. The first-order chi connectivity index (χ1) is 15.1. The van der Waals surface area contributed by atoms with Crippen LogP contribution in [0.3, 0.4) is 0 Å². The Morgan fingerprint density at radius 2 is 2.13 bits per heavy atom. The molecule has 3 N–H and O–H groups in total. The molecule has 0 aliphatic heterocycles. The Morgan fingerprint density at radius 3 is 2.90 bits per heavy atom. The number of H-pyrrole nitrogens is 1. The van der Waals surface area contributed by atoms with Crippen LogP contribution in [-0.2, 0) is 11.2 Å². The topological polar surface area (TPSA) is 105 Å². The van der Waals surface area contributed by atoms with Gasteiger partial charge < -0.3 is 15.6 Å². The maximum Gasteiger partial charge on any atom is 0.298 e. The fraction of sp³-hybridized carbons (Fsp3) is 0.130. The molecule has 0 saturated carbocycles. The number of pyridine rings is 1. The molecule has 0 spiro atoms. The Labute approximate surface area is 178 Å². The van der Waals surface area contributed by atoms with Crippen LogP contribution in [0, 0.1) is 6.92 Å². The number of aromatic amines is 1. The highest BCUT2D eigenvalue weighted by Crippen LogP contribution is 2.25. The van der Waals surface area contributed by atoms with E-state index >= 15 is 0 Å². The molecule has 3 aromatic heterocycles. The van der Waals surface area contributed by atoms with Gasteiger partial charge in [-0.3, -0.25) is 19.1 Å². The van der Waals surface area contributed by atoms with E-state index in [1.807, 2.05) is 43.3 Å². The summed E-state index contributed by atoms with van der Waals surface area (Å²) in [6.07, 6.45) is 6.47. The molecule has 1 amide bonds. The molecule has 0 atom stereocenters. The molecule has 4 aromatic rings. The van der Waals surface area contributed by atoms with Crippen LogP contribution in [0.25, 0.3) is 22.3 Å². The van der Waals surface area contributed by atoms with Crippen LogP contribution in [0.15, 0.2) is 66.4 Å². The van der Waals surface area contributed by atoms with Crippen LogP contribution in [-0.4, -0.2) is 32.5 Å². The lowest BCUT2D eigenvalue weighted by atomic mass is 10.1. The molecule has 0 saturated heterocycles. The van der Waals surface area contributed by atoms with E-state index in [2.05, 4.69) is 32.2 Å². The first-order valence-corrected chi connectivity index (χ1v) is 9.82. The van der Waals surface area contributed by atoms with Crippen LogP contribution in [0.1, 0.15) is 17.0 Å². The molecular weight excluding hydrogens is 392 g/mol. The van der Waals surface area contributed by atoms with Crippen molar-refractivity contribution in [3.05, 3.63) is 88.9 Å². The molecule has 0 aliphatic rings. The van der Waals surface area contributed by atoms with Gasteiger partial charge in [0.1, 0.15) is 0 Å². The van der Waals surface area contributed by atoms with Gasteiger partial charge in [-0.15, -0.1) is 0 Å². The quantitative estimate of drug-likeness (QED) is 0.385. The van der Waals surface area contributed by atoms with Crippen molar-refractivity contribution in [2.45, 2.75) is 13.3 Å². The van der Waals surface area contributed by atoms with E-state index in [4.69, 9.17) is 0 Å². The Hall–Kier alpha value is -4.20. The number of aromatic nitrogens is 4. The lowest BCUT2D eigenvalue weighted by molar-refractivity contribution is -0.108. The van der Waals surface area contributed by atoms with Gasteiger partial charge in [0.25, 0.3) is 5.56 Å². The standard InChI is InChI=1S/C23H22N6O2/c1-15-12-27-22(25-10-8-18-5-3-4-9-24-18)23(31)29(15)21-13-26-20-7-6-17(11-19(20)21)16(2)28-14-30/h3-7,9,11-14,26H,2,8,10H2,1H3,(H,25,27)(H,28,30). The number of carbonyl (C=O) groups excluding carboxylic acids is 1. The number of hydrogen-bond acceptors (Lipinski definition) is 5. The zero-order chi connectivity index (χ0) is 21.8. The van der Waals surface area contributed by atoms with Crippen LogP contribution >= 0.6 is 0 Å². The summed E-state index contributed by atoms with van der Waals surface area (Å²) in [5.74, 6) is 0.277. The van der Waals surface area contributed by atoms with E-state index in [-0.39, 0.29) is 11.4 Å². The molecule has 3 heterocycles. The molecule has 4 rings (SSSR count). The van der Waals surface area contributed by atoms with E-state index in [1.54, 1.807) is 23.2 Å². The molecule has 8 heteroatoms. The molecule has 0 radical (unpaired) electrons. The number of carbonyl (C=O) groups is 1. The summed E-state index contributed by atoms with van der Waals surface area (Å²) in [6, 6.07) is 11.4. The average molecular weight is 414 g/mol. The van der Waals surface area contributed by atoms with Crippen LogP contribution in [0.4, 0.5) is 5.82 Å². The smallest absolute Gasteiger partial charge is 0.298 e. The highest BCUT2D eigenvalue weighted by Gasteiger charge is 2.14. The average Bonchev–Trinajstić information content (AvgIpc) is 3.19. The molecule has 156 valence electrons. The van der Waals surface area contributed by atoms with E-state index in [9.17, 15) is 9.59 Å². The number of hydrogen-bond donors (Lipinski definition) is 3. The first kappa shape index (κ1) is 20.1. The number of amides is 1. The van der Waals surface area contributed by atoms with Crippen LogP contribution in [0.5, 0.6) is 0 Å². The van der Waals surface area contributed by atoms with E-state index < -0.39 is 0 Å². The molecule has 8 nitrogen and oxygen atoms in total. The summed E-state index contributed by atoms with van der Waals surface area (Å²) in [6.45, 7) is 6.24. The maximum absolute atomic E-state index is 13.2. The summed E-state index contributed by atoms with van der Waals surface area (Å²) in [5.41, 5.74) is 4.22. The zero-order valence-electron chi connectivity index (χ0n) is 17.1. The van der Waals surface area contributed by atoms with E-state index in [0.29, 0.717) is 36.5 Å². The number of nitrogens with one attached hydrogen (secondary N) is 3. The third-order valence-electron chi connectivity index (χ3n) is 5.02. The first-order valence-electron chi connectivity index (χ1n) is 9.82. The molecule has 1 aromatic carbocycles. The number of rotatable bonds is 8. The fourth-order valence-corrected chi connectivity index (χ4v) is 3.45. The summed E-state index contributed by atoms with van der Waals surface area (Å²) in [7, 11) is 0. The Balaban J connectivity index is 1.67. The molecule has 0 fully saturated rings. The third kappa shape index (κ3) is 4.09. The van der Waals surface area contributed by atoms with Gasteiger partial charge in [0.15, 0.2) is 5.82 Å². The highest BCUT2D eigenvalue weighted by atomic mass is 16.1. The van der Waals surface area contributed by atoms with Gasteiger partial charge in [0.2, 0.25) is 6.41 Å². The predicted molar refractivity (Wildman–Crippen MR) is 121 cm³/mol. The second-order valence-electron chi connectivity index (χ2n) is 7.06. The fourth-order valence-electron chi connectivity index (χ4n) is 3.45. The molecular formula is C23H22N6O2. The van der Waals surface area contributed by atoms with Gasteiger partial charge in [0, 0.05) is 59.5 Å². The van der Waals surface area contributed by atoms with Gasteiger partial charge in [-0.2, -0.15) is 0 Å². The van der Waals surface area contributed by atoms with Crippen molar-refractivity contribution in [3.63, 3.8) is 0 Å². The van der Waals surface area contributed by atoms with Crippen LogP contribution < -0.4 is 16.2 Å². The zero-order valence-corrected chi connectivity index (χ0v) is 17.1. The lowest BCUT2D eigenvalue weighted by Crippen LogP contribution is -2.26. The second kappa shape index (κ2) is 8.66. The van der Waals surface area contributed by atoms with E-state index in [0.717, 1.165) is 22.2 Å². The van der Waals surface area contributed by atoms with Crippen molar-refractivity contribution in [3.8, 4) is 5.69 Å². The Kier molecular flexibility index (Phi) is 5.61. The summed E-state index contributed by atoms with van der Waals surface area (Å²) < 4.78 is 1.62. The number of fused-ring (bicyclic) bond motifs is 1. The van der Waals surface area contributed by atoms with Gasteiger partial charge >= 0.3 is 0 Å². The molecule has 0 aliphatic carbocycles. The van der Waals surface area contributed by atoms with Crippen molar-refractivity contribution >= 4 is 28.8 Å². The molecule has 0 bridgehead atoms. The van der Waals surface area contributed by atoms with Crippen LogP contribution in [0.2, 0.25) is 0 Å². The number of nitrogens with zero attached hydrogens (tertiary/aromatic N) is 3. The van der Waals surface area contributed by atoms with Gasteiger partial charge in [-0.25, -0.2) is 4.98 Å². The normalized spacial score (nSPS) is 10.7. The third-order valence-corrected chi connectivity index (χ3v) is 5.02. The highest BCUT2D eigenvalue weighted by molar-refractivity contribution is 5.91. The van der Waals surface area contributed by atoms with Crippen molar-refractivity contribution < 1.29 is 4.79 Å². The Bertz CT molecular complexity index is 1310. The second-order valence-corrected chi connectivity index (χ2v) is 7.06. The Morgan fingerprint density at radius 1 is 1.26 bits per heavy atom. The molecule has 31 heavy (non-hydrogen) atoms. The predicted octanol–water partition coefficient (Wildman–Crippen LogP) is 2.79.